The lowest BCUT2D eigenvalue weighted by Crippen LogP contribution is -2.30. The van der Waals surface area contributed by atoms with Crippen LogP contribution in [0, 0.1) is 5.92 Å². The molecule has 1 heterocycles. The van der Waals surface area contributed by atoms with Gasteiger partial charge in [0.15, 0.2) is 5.78 Å². The number of carbonyl (C=O) groups excluding carboxylic acids is 3. The van der Waals surface area contributed by atoms with E-state index in [-0.39, 0.29) is 0 Å². The van der Waals surface area contributed by atoms with Gasteiger partial charge in [-0.3, -0.25) is 19.3 Å². The van der Waals surface area contributed by atoms with Gasteiger partial charge in [-0.25, -0.2) is 0 Å². The number of ketones is 2. The predicted molar refractivity (Wildman–Crippen MR) is 112 cm³/mol. The summed E-state index contributed by atoms with van der Waals surface area (Å²) in [6.07, 6.45) is 0. The fourth-order valence-corrected chi connectivity index (χ4v) is 3.93. The van der Waals surface area contributed by atoms with Crippen molar-refractivity contribution in [3.05, 3.63) is 100 Å². The van der Waals surface area contributed by atoms with Crippen LogP contribution in [0.5, 0.6) is 0 Å². The Morgan fingerprint density at radius 2 is 1.48 bits per heavy atom. The lowest BCUT2D eigenvalue weighted by Gasteiger charge is -2.27. The van der Waals surface area contributed by atoms with Gasteiger partial charge in [-0.05, 0) is 35.9 Å². The molecule has 2 atom stereocenters. The summed E-state index contributed by atoms with van der Waals surface area (Å²) in [4.78, 5) is 40.5. The fraction of sp³-hybridized carbons (Fsp3) is 0.0870. The first-order valence-corrected chi connectivity index (χ1v) is 9.70. The first kappa shape index (κ1) is 19.4. The number of anilines is 1. The van der Waals surface area contributed by atoms with Crippen LogP contribution in [0.4, 0.5) is 5.69 Å². The maximum absolute atomic E-state index is 13.2. The van der Waals surface area contributed by atoms with Gasteiger partial charge >= 0.3 is 0 Å². The zero-order valence-electron chi connectivity index (χ0n) is 15.1. The Kier molecular flexibility index (Phi) is 5.22. The van der Waals surface area contributed by atoms with E-state index in [4.69, 9.17) is 23.2 Å². The van der Waals surface area contributed by atoms with Crippen molar-refractivity contribution in [3.63, 3.8) is 0 Å². The van der Waals surface area contributed by atoms with Gasteiger partial charge in [-0.15, -0.1) is 0 Å². The summed E-state index contributed by atoms with van der Waals surface area (Å²) in [5.41, 5.74) is 1.48. The average Bonchev–Trinajstić information content (AvgIpc) is 2.99. The minimum absolute atomic E-state index is 0.380. The molecule has 4 rings (SSSR count). The number of Topliss-reactive ketones (excluding diaryl/α,β-unsaturated/α-hetero) is 2. The van der Waals surface area contributed by atoms with Crippen molar-refractivity contribution in [1.82, 2.24) is 0 Å². The molecule has 0 bridgehead atoms. The zero-order chi connectivity index (χ0) is 20.5. The van der Waals surface area contributed by atoms with E-state index in [1.807, 2.05) is 0 Å². The van der Waals surface area contributed by atoms with E-state index in [0.717, 1.165) is 0 Å². The molecule has 3 aromatic carbocycles. The molecular weight excluding hydrogens is 409 g/mol. The van der Waals surface area contributed by atoms with Gasteiger partial charge < -0.3 is 0 Å². The van der Waals surface area contributed by atoms with Crippen LogP contribution in [0.1, 0.15) is 22.0 Å². The summed E-state index contributed by atoms with van der Waals surface area (Å²) < 4.78 is 0. The van der Waals surface area contributed by atoms with Gasteiger partial charge in [0.2, 0.25) is 5.78 Å². The molecule has 0 spiro atoms. The number of hydrogen-bond acceptors (Lipinski definition) is 3. The Hall–Kier alpha value is -2.95. The first-order chi connectivity index (χ1) is 14.0. The number of nitrogens with zero attached hydrogens (tertiary/aromatic N) is 1. The second kappa shape index (κ2) is 7.82. The molecule has 144 valence electrons. The predicted octanol–water partition coefficient (Wildman–Crippen LogP) is 5.15. The summed E-state index contributed by atoms with van der Waals surface area (Å²) in [6.45, 7) is 0. The lowest BCUT2D eigenvalue weighted by atomic mass is 9.86. The Labute approximate surface area is 177 Å². The molecule has 1 amide bonds. The second-order valence-electron chi connectivity index (χ2n) is 6.72. The highest BCUT2D eigenvalue weighted by molar-refractivity contribution is 6.49. The van der Waals surface area contributed by atoms with Crippen molar-refractivity contribution < 1.29 is 14.4 Å². The fourth-order valence-electron chi connectivity index (χ4n) is 3.62. The Bertz CT molecular complexity index is 1100. The van der Waals surface area contributed by atoms with E-state index in [2.05, 4.69) is 0 Å². The van der Waals surface area contributed by atoms with E-state index in [1.165, 1.54) is 4.90 Å². The van der Waals surface area contributed by atoms with Crippen LogP contribution in [-0.4, -0.2) is 17.5 Å². The number of amides is 1. The van der Waals surface area contributed by atoms with Crippen LogP contribution >= 0.6 is 23.2 Å². The monoisotopic (exact) mass is 423 g/mol. The zero-order valence-corrected chi connectivity index (χ0v) is 16.6. The second-order valence-corrected chi connectivity index (χ2v) is 7.60. The van der Waals surface area contributed by atoms with Gasteiger partial charge in [0, 0.05) is 21.3 Å². The highest BCUT2D eigenvalue weighted by Crippen LogP contribution is 2.41. The van der Waals surface area contributed by atoms with E-state index < -0.39 is 29.4 Å². The maximum Gasteiger partial charge on any atom is 0.295 e. The van der Waals surface area contributed by atoms with Crippen molar-refractivity contribution in [1.29, 1.82) is 0 Å². The first-order valence-electron chi connectivity index (χ1n) is 8.95. The smallest absolute Gasteiger partial charge is 0.295 e. The summed E-state index contributed by atoms with van der Waals surface area (Å²) in [5, 5.41) is 0.945. The van der Waals surface area contributed by atoms with Crippen molar-refractivity contribution in [2.75, 3.05) is 4.90 Å². The molecule has 2 unspecified atom stereocenters. The van der Waals surface area contributed by atoms with Crippen molar-refractivity contribution in [2.45, 2.75) is 6.04 Å². The van der Waals surface area contributed by atoms with Crippen LogP contribution in [0.25, 0.3) is 0 Å². The van der Waals surface area contributed by atoms with Crippen molar-refractivity contribution in [2.24, 2.45) is 5.92 Å². The molecule has 3 aromatic rings. The normalized spacial score (nSPS) is 18.9. The summed E-state index contributed by atoms with van der Waals surface area (Å²) >= 11 is 12.1. The topological polar surface area (TPSA) is 54.5 Å². The number of halogens is 2. The molecule has 1 aliphatic heterocycles. The third kappa shape index (κ3) is 3.57. The van der Waals surface area contributed by atoms with Gasteiger partial charge in [-0.2, -0.15) is 0 Å². The molecule has 1 aliphatic rings. The summed E-state index contributed by atoms with van der Waals surface area (Å²) in [6, 6.07) is 21.2. The molecule has 0 N–H and O–H groups in total. The largest absolute Gasteiger partial charge is 0.297 e. The molecule has 1 saturated heterocycles. The quantitative estimate of drug-likeness (QED) is 0.331. The van der Waals surface area contributed by atoms with Crippen LogP contribution in [0.15, 0.2) is 78.9 Å². The standard InChI is InChI=1S/C23H15Cl2NO3/c24-16-11-9-14(10-12-16)20-19(21(27)15-5-2-1-3-6-15)22(28)23(29)26(20)18-8-4-7-17(25)13-18/h1-13,19-20H. The van der Waals surface area contributed by atoms with Crippen LogP contribution in [0.2, 0.25) is 10.0 Å². The minimum atomic E-state index is -1.16. The van der Waals surface area contributed by atoms with Crippen LogP contribution < -0.4 is 4.90 Å². The molecule has 4 nitrogen and oxygen atoms in total. The lowest BCUT2D eigenvalue weighted by molar-refractivity contribution is -0.135. The average molecular weight is 424 g/mol. The van der Waals surface area contributed by atoms with E-state index >= 15 is 0 Å². The molecule has 0 saturated carbocycles. The van der Waals surface area contributed by atoms with Gasteiger partial charge in [-0.1, -0.05) is 71.7 Å². The van der Waals surface area contributed by atoms with Crippen LogP contribution in [0.3, 0.4) is 0 Å². The number of benzene rings is 3. The van der Waals surface area contributed by atoms with Gasteiger partial charge in [0.05, 0.1) is 6.04 Å². The molecule has 6 heteroatoms. The van der Waals surface area contributed by atoms with E-state index in [0.29, 0.717) is 26.9 Å². The minimum Gasteiger partial charge on any atom is -0.297 e. The highest BCUT2D eigenvalue weighted by Gasteiger charge is 2.52. The Morgan fingerprint density at radius 3 is 2.14 bits per heavy atom. The van der Waals surface area contributed by atoms with Gasteiger partial charge in [0.25, 0.3) is 5.91 Å². The Morgan fingerprint density at radius 1 is 0.793 bits per heavy atom. The molecule has 29 heavy (non-hydrogen) atoms. The Balaban J connectivity index is 1.87. The molecular formula is C23H15Cl2NO3. The maximum atomic E-state index is 13.2. The third-order valence-corrected chi connectivity index (χ3v) is 5.43. The van der Waals surface area contributed by atoms with Crippen molar-refractivity contribution in [3.8, 4) is 0 Å². The number of rotatable bonds is 4. The van der Waals surface area contributed by atoms with E-state index in [9.17, 15) is 14.4 Å². The molecule has 0 radical (unpaired) electrons. The number of carbonyl (C=O) groups is 3. The van der Waals surface area contributed by atoms with Gasteiger partial charge in [0.1, 0.15) is 5.92 Å². The van der Waals surface area contributed by atoms with Crippen LogP contribution in [-0.2, 0) is 9.59 Å². The summed E-state index contributed by atoms with van der Waals surface area (Å²) in [5.74, 6) is -3.03. The van der Waals surface area contributed by atoms with E-state index in [1.54, 1.807) is 78.9 Å². The number of hydrogen-bond donors (Lipinski definition) is 0. The third-order valence-electron chi connectivity index (χ3n) is 4.94. The summed E-state index contributed by atoms with van der Waals surface area (Å²) in [7, 11) is 0. The van der Waals surface area contributed by atoms with Crippen molar-refractivity contribution >= 4 is 46.4 Å². The SMILES string of the molecule is O=C1C(=O)N(c2cccc(Cl)c2)C(c2ccc(Cl)cc2)C1C(=O)c1ccccc1. The molecule has 1 fully saturated rings. The highest BCUT2D eigenvalue weighted by atomic mass is 35.5. The molecule has 0 aliphatic carbocycles. The molecule has 0 aromatic heterocycles.